The second-order valence-corrected chi connectivity index (χ2v) is 9.16. The van der Waals surface area contributed by atoms with Crippen molar-refractivity contribution >= 4 is 38.9 Å². The van der Waals surface area contributed by atoms with E-state index in [0.717, 1.165) is 5.69 Å². The number of carbonyl (C=O) groups excluding carboxylic acids is 1. The van der Waals surface area contributed by atoms with Gasteiger partial charge in [-0.05, 0) is 62.4 Å². The van der Waals surface area contributed by atoms with E-state index < -0.39 is 16.0 Å². The molecule has 0 aliphatic heterocycles. The third-order valence-corrected chi connectivity index (χ3v) is 5.96. The highest BCUT2D eigenvalue weighted by Crippen LogP contribution is 2.23. The van der Waals surface area contributed by atoms with Gasteiger partial charge in [0.25, 0.3) is 10.0 Å². The lowest BCUT2D eigenvalue weighted by molar-refractivity contribution is -0.138. The Kier molecular flexibility index (Phi) is 7.79. The molecule has 0 unspecified atom stereocenters. The number of nitrogens with zero attached hydrogens (tertiary/aromatic N) is 4. The van der Waals surface area contributed by atoms with E-state index in [1.807, 2.05) is 24.1 Å². The molecule has 11 heteroatoms. The van der Waals surface area contributed by atoms with E-state index in [0.29, 0.717) is 29.3 Å². The normalized spacial score (nSPS) is 11.4. The minimum absolute atomic E-state index is 0.0634. The first-order chi connectivity index (χ1) is 16.1. The van der Waals surface area contributed by atoms with E-state index in [1.54, 1.807) is 38.1 Å². The molecule has 0 amide bonds. The molecule has 0 aliphatic rings. The predicted octanol–water partition coefficient (Wildman–Crippen LogP) is 4.75. The Morgan fingerprint density at radius 1 is 1.12 bits per heavy atom. The van der Waals surface area contributed by atoms with Gasteiger partial charge < -0.3 is 14.2 Å². The molecule has 0 fully saturated rings. The number of rotatable bonds is 10. The first kappa shape index (κ1) is 24.6. The lowest BCUT2D eigenvalue weighted by atomic mass is 10.2. The number of aromatic nitrogens is 1. The summed E-state index contributed by atoms with van der Waals surface area (Å²) < 4.78 is 37.2. The van der Waals surface area contributed by atoms with Gasteiger partial charge in [0, 0.05) is 24.4 Å². The summed E-state index contributed by atoms with van der Waals surface area (Å²) >= 11 is 0. The van der Waals surface area contributed by atoms with Crippen molar-refractivity contribution in [2.45, 2.75) is 18.7 Å². The van der Waals surface area contributed by atoms with Crippen molar-refractivity contribution in [3.63, 3.8) is 0 Å². The fourth-order valence-electron chi connectivity index (χ4n) is 2.72. The molecule has 0 saturated carbocycles. The maximum absolute atomic E-state index is 12.4. The molecule has 0 radical (unpaired) electrons. The summed E-state index contributed by atoms with van der Waals surface area (Å²) in [5.41, 5.74) is 2.42. The van der Waals surface area contributed by atoms with Gasteiger partial charge in [0.05, 0.1) is 22.8 Å². The lowest BCUT2D eigenvalue weighted by Crippen LogP contribution is -2.23. The highest BCUT2D eigenvalue weighted by atomic mass is 32.2. The molecule has 1 aromatic heterocycles. The maximum Gasteiger partial charge on any atom is 0.333 e. The summed E-state index contributed by atoms with van der Waals surface area (Å²) in [5.74, 6) is 0.205. The smallest absolute Gasteiger partial charge is 0.333 e. The summed E-state index contributed by atoms with van der Waals surface area (Å²) in [6, 6.07) is 14.8. The largest absolute Gasteiger partial charge is 0.460 e. The average molecular weight is 484 g/mol. The van der Waals surface area contributed by atoms with E-state index >= 15 is 0 Å². The van der Waals surface area contributed by atoms with Crippen molar-refractivity contribution < 1.29 is 22.5 Å². The summed E-state index contributed by atoms with van der Waals surface area (Å²) in [6.07, 6.45) is 0. The number of aryl methyl sites for hydroxylation is 1. The van der Waals surface area contributed by atoms with Crippen molar-refractivity contribution in [1.29, 1.82) is 0 Å². The predicted molar refractivity (Wildman–Crippen MR) is 128 cm³/mol. The number of anilines is 2. The van der Waals surface area contributed by atoms with E-state index in [-0.39, 0.29) is 17.3 Å². The number of hydrogen-bond donors (Lipinski definition) is 1. The van der Waals surface area contributed by atoms with Gasteiger partial charge in [0.2, 0.25) is 0 Å². The molecule has 2 aromatic carbocycles. The molecule has 0 atom stereocenters. The Labute approximate surface area is 198 Å². The molecule has 3 aromatic rings. The zero-order chi connectivity index (χ0) is 24.7. The summed E-state index contributed by atoms with van der Waals surface area (Å²) in [5, 5.41) is 12.0. The molecule has 0 spiro atoms. The van der Waals surface area contributed by atoms with E-state index in [4.69, 9.17) is 9.26 Å². The van der Waals surface area contributed by atoms with Gasteiger partial charge in [-0.1, -0.05) is 11.7 Å². The zero-order valence-corrected chi connectivity index (χ0v) is 19.9. The fourth-order valence-corrected chi connectivity index (χ4v) is 3.70. The van der Waals surface area contributed by atoms with Crippen LogP contribution in [0.2, 0.25) is 0 Å². The number of ether oxygens (including phenoxy) is 1. The zero-order valence-electron chi connectivity index (χ0n) is 19.1. The molecule has 0 aliphatic carbocycles. The van der Waals surface area contributed by atoms with Crippen LogP contribution in [-0.2, 0) is 19.6 Å². The van der Waals surface area contributed by atoms with Gasteiger partial charge in [-0.25, -0.2) is 13.2 Å². The van der Waals surface area contributed by atoms with Crippen molar-refractivity contribution in [2.75, 3.05) is 29.8 Å². The Balaban J connectivity index is 1.57. The highest BCUT2D eigenvalue weighted by Gasteiger charge is 2.16. The minimum Gasteiger partial charge on any atom is -0.460 e. The Hall–Kier alpha value is -3.99. The third-order valence-electron chi connectivity index (χ3n) is 4.59. The molecule has 10 nitrogen and oxygen atoms in total. The van der Waals surface area contributed by atoms with Crippen molar-refractivity contribution in [2.24, 2.45) is 10.2 Å². The molecule has 0 saturated heterocycles. The Morgan fingerprint density at radius 2 is 1.71 bits per heavy atom. The van der Waals surface area contributed by atoms with Crippen LogP contribution < -0.4 is 9.62 Å². The monoisotopic (exact) mass is 483 g/mol. The van der Waals surface area contributed by atoms with Gasteiger partial charge in [-0.3, -0.25) is 4.72 Å². The molecular formula is C23H25N5O5S. The molecule has 3 rings (SSSR count). The Bertz CT molecular complexity index is 1280. The molecular weight excluding hydrogens is 458 g/mol. The van der Waals surface area contributed by atoms with Crippen LogP contribution >= 0.6 is 0 Å². The van der Waals surface area contributed by atoms with Crippen LogP contribution in [0, 0.1) is 6.92 Å². The van der Waals surface area contributed by atoms with Crippen molar-refractivity contribution in [3.05, 3.63) is 72.5 Å². The molecule has 34 heavy (non-hydrogen) atoms. The average Bonchev–Trinajstić information content (AvgIpc) is 3.21. The minimum atomic E-state index is -3.79. The van der Waals surface area contributed by atoms with Crippen LogP contribution in [0.3, 0.4) is 0 Å². The van der Waals surface area contributed by atoms with Crippen LogP contribution in [0.15, 0.2) is 86.4 Å². The summed E-state index contributed by atoms with van der Waals surface area (Å²) in [6.45, 7) is 7.60. The molecule has 0 bridgehead atoms. The Morgan fingerprint density at radius 3 is 2.24 bits per heavy atom. The second-order valence-electron chi connectivity index (χ2n) is 7.48. The van der Waals surface area contributed by atoms with E-state index in [9.17, 15) is 13.2 Å². The third kappa shape index (κ3) is 6.75. The van der Waals surface area contributed by atoms with Gasteiger partial charge in [-0.2, -0.15) is 10.2 Å². The first-order valence-electron chi connectivity index (χ1n) is 10.3. The van der Waals surface area contributed by atoms with Gasteiger partial charge in [0.1, 0.15) is 12.4 Å². The number of esters is 1. The van der Waals surface area contributed by atoms with Crippen molar-refractivity contribution in [1.82, 2.24) is 5.16 Å². The number of nitrogens with one attached hydrogen (secondary N) is 1. The SMILES string of the molecule is C=C(C)C(=O)OCCN(C)c1ccc(N=Nc2ccc(S(=O)(=O)Nc3cc(C)on3)cc2)cc1. The van der Waals surface area contributed by atoms with E-state index in [1.165, 1.54) is 18.2 Å². The molecule has 178 valence electrons. The number of carbonyl (C=O) groups is 1. The van der Waals surface area contributed by atoms with Gasteiger partial charge >= 0.3 is 5.97 Å². The first-order valence-corrected chi connectivity index (χ1v) is 11.7. The number of hydrogen-bond acceptors (Lipinski definition) is 9. The standard InChI is InChI=1S/C23H25N5O5S/c1-16(2)23(29)32-14-13-28(4)20-9-5-18(6-10-20)24-25-19-7-11-21(12-8-19)34(30,31)27-22-15-17(3)33-26-22/h5-12,15H,1,13-14H2,2-4H3,(H,26,27). The van der Waals surface area contributed by atoms with Gasteiger partial charge in [-0.15, -0.1) is 0 Å². The van der Waals surface area contributed by atoms with Crippen LogP contribution in [0.1, 0.15) is 12.7 Å². The quantitative estimate of drug-likeness (QED) is 0.250. The number of sulfonamides is 1. The topological polar surface area (TPSA) is 126 Å². The van der Waals surface area contributed by atoms with Crippen LogP contribution in [0.25, 0.3) is 0 Å². The van der Waals surface area contributed by atoms with Crippen LogP contribution in [-0.4, -0.2) is 39.7 Å². The van der Waals surface area contributed by atoms with Crippen molar-refractivity contribution in [3.8, 4) is 0 Å². The van der Waals surface area contributed by atoms with Gasteiger partial charge in [0.15, 0.2) is 5.82 Å². The molecule has 1 heterocycles. The van der Waals surface area contributed by atoms with Crippen LogP contribution in [0.5, 0.6) is 0 Å². The summed E-state index contributed by atoms with van der Waals surface area (Å²) in [4.78, 5) is 13.4. The second kappa shape index (κ2) is 10.8. The highest BCUT2D eigenvalue weighted by molar-refractivity contribution is 7.92. The number of likely N-dealkylation sites (N-methyl/N-ethyl adjacent to an activating group) is 1. The number of azo groups is 1. The lowest BCUT2D eigenvalue weighted by Gasteiger charge is -2.19. The summed E-state index contributed by atoms with van der Waals surface area (Å²) in [7, 11) is -1.91. The van der Waals surface area contributed by atoms with E-state index in [2.05, 4.69) is 26.7 Å². The van der Waals surface area contributed by atoms with Crippen LogP contribution in [0.4, 0.5) is 22.9 Å². The molecule has 1 N–H and O–H groups in total. The fraction of sp³-hybridized carbons (Fsp3) is 0.217. The maximum atomic E-state index is 12.4. The number of benzene rings is 2.